The molecule has 0 unspecified atom stereocenters. The molecule has 3 heterocycles. The molecule has 247 valence electrons. The molecule has 0 aliphatic carbocycles. The maximum Gasteiger partial charge on any atom is 0.121 e. The molecule has 0 N–H and O–H groups in total. The summed E-state index contributed by atoms with van der Waals surface area (Å²) in [4.78, 5) is 8.82. The molecule has 0 aliphatic rings. The number of fused-ring (bicyclic) bond motifs is 4. The van der Waals surface area contributed by atoms with Crippen molar-refractivity contribution in [3.05, 3.63) is 127 Å². The number of rotatable bonds is 5. The quantitative estimate of drug-likeness (QED) is 0.128. The summed E-state index contributed by atoms with van der Waals surface area (Å²) in [6, 6.07) is 31.3. The monoisotopic (exact) mass is 831 g/mol. The van der Waals surface area contributed by atoms with Crippen LogP contribution in [0.2, 0.25) is 19.6 Å². The van der Waals surface area contributed by atoms with E-state index in [4.69, 9.17) is 12.6 Å². The van der Waals surface area contributed by atoms with Crippen LogP contribution in [0.5, 0.6) is 0 Å². The Labute approximate surface area is 308 Å². The van der Waals surface area contributed by atoms with Gasteiger partial charge in [-0.1, -0.05) is 113 Å². The molecule has 0 saturated heterocycles. The van der Waals surface area contributed by atoms with Gasteiger partial charge in [-0.05, 0) is 63.2 Å². The Hall–Kier alpha value is -3.89. The van der Waals surface area contributed by atoms with Crippen LogP contribution in [0.4, 0.5) is 0 Å². The van der Waals surface area contributed by atoms with Crippen molar-refractivity contribution in [2.45, 2.75) is 66.5 Å². The Morgan fingerprint density at radius 3 is 2.29 bits per heavy atom. The molecule has 4 aromatic carbocycles. The van der Waals surface area contributed by atoms with E-state index in [9.17, 15) is 0 Å². The summed E-state index contributed by atoms with van der Waals surface area (Å²) >= 11 is 0. The zero-order valence-electron chi connectivity index (χ0n) is 34.7. The maximum absolute atomic E-state index is 8.82. The summed E-state index contributed by atoms with van der Waals surface area (Å²) in [5, 5.41) is 5.14. The fraction of sp³-hybridized carbons (Fsp3) is 0.256. The molecule has 7 rings (SSSR count). The molecule has 5 heteroatoms. The normalized spacial score (nSPS) is 14.2. The summed E-state index contributed by atoms with van der Waals surface area (Å²) in [7, 11) is -1.50. The van der Waals surface area contributed by atoms with Crippen molar-refractivity contribution in [2.75, 3.05) is 0 Å². The first-order chi connectivity index (χ1) is 24.7. The smallest absolute Gasteiger partial charge is 0.121 e. The van der Waals surface area contributed by atoms with Gasteiger partial charge in [0.25, 0.3) is 0 Å². The van der Waals surface area contributed by atoms with Gasteiger partial charge < -0.3 is 14.4 Å². The molecule has 0 saturated carbocycles. The number of hydrogen-bond acceptors (Lipinski definition) is 3. The van der Waals surface area contributed by atoms with E-state index in [1.807, 2.05) is 80.7 Å². The van der Waals surface area contributed by atoms with Crippen LogP contribution in [0.25, 0.3) is 55.2 Å². The molecule has 48 heavy (non-hydrogen) atoms. The molecule has 0 spiro atoms. The molecule has 3 nitrogen and oxygen atoms in total. The van der Waals surface area contributed by atoms with Crippen molar-refractivity contribution in [3.8, 4) is 22.5 Å². The first kappa shape index (κ1) is 28.0. The third-order valence-corrected chi connectivity index (χ3v) is 9.88. The summed E-state index contributed by atoms with van der Waals surface area (Å²) in [5.41, 5.74) is 3.59. The second kappa shape index (κ2) is 14.3. The van der Waals surface area contributed by atoms with E-state index in [0.717, 1.165) is 38.4 Å². The van der Waals surface area contributed by atoms with Gasteiger partial charge in [0, 0.05) is 42.0 Å². The van der Waals surface area contributed by atoms with Gasteiger partial charge in [-0.3, -0.25) is 0 Å². The van der Waals surface area contributed by atoms with Crippen LogP contribution in [0.1, 0.15) is 59.9 Å². The van der Waals surface area contributed by atoms with E-state index in [-0.39, 0.29) is 49.6 Å². The SMILES string of the molecule is [2H]C(C)(C)c1cc(-c2[c-]cccc2)ncc1[Si](C)(C)C.[2H]c1nc(-c2[c-]ccc3c2oc2cc4ccccc4cc23)c([2H])c(C([2H])([2H])C(C)(C)C)c1[2H].[Ir]. The van der Waals surface area contributed by atoms with Gasteiger partial charge >= 0.3 is 0 Å². The van der Waals surface area contributed by atoms with Gasteiger partial charge in [0.15, 0.2) is 0 Å². The van der Waals surface area contributed by atoms with Crippen molar-refractivity contribution in [1.82, 2.24) is 9.97 Å². The van der Waals surface area contributed by atoms with Crippen LogP contribution in [0, 0.1) is 17.5 Å². The van der Waals surface area contributed by atoms with E-state index in [0.29, 0.717) is 16.7 Å². The van der Waals surface area contributed by atoms with Gasteiger partial charge in [-0.15, -0.1) is 54.1 Å². The number of pyridine rings is 2. The number of furan rings is 1. The molecule has 1 radical (unpaired) electrons. The van der Waals surface area contributed by atoms with Crippen LogP contribution in [0.3, 0.4) is 0 Å². The topological polar surface area (TPSA) is 38.9 Å². The Balaban J connectivity index is 0.000000230. The minimum atomic E-state index is -2.02. The molecule has 0 bridgehead atoms. The van der Waals surface area contributed by atoms with Crippen molar-refractivity contribution >= 4 is 46.0 Å². The Bertz CT molecular complexity index is 2480. The van der Waals surface area contributed by atoms with Crippen LogP contribution in [0.15, 0.2) is 108 Å². The maximum atomic E-state index is 8.82. The Morgan fingerprint density at radius 1 is 0.896 bits per heavy atom. The van der Waals surface area contributed by atoms with Crippen LogP contribution in [-0.4, -0.2) is 18.0 Å². The van der Waals surface area contributed by atoms with Crippen molar-refractivity contribution in [3.63, 3.8) is 0 Å². The predicted molar refractivity (Wildman–Crippen MR) is 202 cm³/mol. The predicted octanol–water partition coefficient (Wildman–Crippen LogP) is 11.4. The van der Waals surface area contributed by atoms with Crippen molar-refractivity contribution in [1.29, 1.82) is 0 Å². The summed E-state index contributed by atoms with van der Waals surface area (Å²) in [6.07, 6.45) is -0.418. The standard InChI is InChI=1S/C26H22NO.C17H22NSi.Ir/c1-26(2,3)16-17-11-12-27-23(13-17)21-10-6-9-20-22-14-18-7-4-5-8-19(18)15-24(22)28-25(20)21;1-13(2)15-11-16(14-9-7-6-8-10-14)18-12-17(15)19(3,4)5;/h4-9,11-15H,16H2,1-3H3;6-9,11-13H,1-5H3;/q2*-1;/i11D,12D,13D,16D2;13D;. The largest absolute Gasteiger partial charge is 0.501 e. The van der Waals surface area contributed by atoms with Crippen LogP contribution < -0.4 is 5.19 Å². The molecule has 3 aromatic heterocycles. The third-order valence-electron chi connectivity index (χ3n) is 7.86. The number of nitrogens with zero attached hydrogens (tertiary/aromatic N) is 2. The number of hydrogen-bond donors (Lipinski definition) is 0. The summed E-state index contributed by atoms with van der Waals surface area (Å²) < 4.78 is 57.4. The summed E-state index contributed by atoms with van der Waals surface area (Å²) in [6.45, 7) is 15.9. The van der Waals surface area contributed by atoms with Gasteiger partial charge in [0.05, 0.1) is 17.8 Å². The summed E-state index contributed by atoms with van der Waals surface area (Å²) in [5.74, 6) is -0.609. The number of benzene rings is 4. The van der Waals surface area contributed by atoms with E-state index in [2.05, 4.69) is 53.9 Å². The van der Waals surface area contributed by atoms with Gasteiger partial charge in [-0.2, -0.15) is 0 Å². The second-order valence-electron chi connectivity index (χ2n) is 14.1. The van der Waals surface area contributed by atoms with E-state index in [1.54, 1.807) is 26.8 Å². The molecule has 0 fully saturated rings. The average molecular weight is 831 g/mol. The van der Waals surface area contributed by atoms with Gasteiger partial charge in [-0.25, -0.2) is 0 Å². The van der Waals surface area contributed by atoms with Gasteiger partial charge in [0.2, 0.25) is 0 Å². The fourth-order valence-electron chi connectivity index (χ4n) is 5.64. The molecule has 0 atom stereocenters. The van der Waals surface area contributed by atoms with Crippen LogP contribution >= 0.6 is 0 Å². The Morgan fingerprint density at radius 2 is 1.62 bits per heavy atom. The van der Waals surface area contributed by atoms with Crippen LogP contribution in [-0.2, 0) is 26.5 Å². The number of aromatic nitrogens is 2. The molecule has 0 amide bonds. The zero-order chi connectivity index (χ0) is 38.7. The van der Waals surface area contributed by atoms with Crippen molar-refractivity contribution < 1.29 is 32.7 Å². The molecule has 0 aliphatic heterocycles. The zero-order valence-corrected chi connectivity index (χ0v) is 32.1. The minimum Gasteiger partial charge on any atom is -0.501 e. The van der Waals surface area contributed by atoms with E-state index in [1.165, 1.54) is 5.19 Å². The molecular formula is C43H44IrN2OSi-2. The first-order valence-corrected chi connectivity index (χ1v) is 19.4. The third kappa shape index (κ3) is 7.87. The second-order valence-corrected chi connectivity index (χ2v) is 19.1. The molecular weight excluding hydrogens is 781 g/mol. The van der Waals surface area contributed by atoms with Crippen molar-refractivity contribution in [2.24, 2.45) is 5.41 Å². The van der Waals surface area contributed by atoms with E-state index < -0.39 is 25.8 Å². The van der Waals surface area contributed by atoms with E-state index >= 15 is 0 Å². The minimum absolute atomic E-state index is 0. The molecule has 7 aromatic rings. The fourth-order valence-corrected chi connectivity index (χ4v) is 7.22. The Kier molecular flexibility index (Phi) is 8.34. The average Bonchev–Trinajstić information content (AvgIpc) is 3.45. The van der Waals surface area contributed by atoms with Gasteiger partial charge in [0.1, 0.15) is 5.58 Å². The first-order valence-electron chi connectivity index (χ1n) is 18.9.